The van der Waals surface area contributed by atoms with Crippen LogP contribution in [0, 0.1) is 6.92 Å². The zero-order chi connectivity index (χ0) is 13.7. The van der Waals surface area contributed by atoms with Crippen LogP contribution in [0.25, 0.3) is 0 Å². The molecule has 1 aromatic carbocycles. The molecule has 0 atom stereocenters. The van der Waals surface area contributed by atoms with Crippen molar-refractivity contribution in [2.45, 2.75) is 39.8 Å². The molecule has 0 heterocycles. The Morgan fingerprint density at radius 2 is 1.94 bits per heavy atom. The van der Waals surface area contributed by atoms with Gasteiger partial charge in [-0.15, -0.1) is 0 Å². The number of alkyl halides is 2. The Labute approximate surface area is 108 Å². The van der Waals surface area contributed by atoms with E-state index in [4.69, 9.17) is 0 Å². The molecule has 1 rings (SSSR count). The number of anilines is 1. The molecule has 18 heavy (non-hydrogen) atoms. The van der Waals surface area contributed by atoms with Crippen LogP contribution >= 0.6 is 0 Å². The maximum atomic E-state index is 12.3. The van der Waals surface area contributed by atoms with E-state index in [-0.39, 0.29) is 6.54 Å². The van der Waals surface area contributed by atoms with Crippen molar-refractivity contribution in [3.05, 3.63) is 29.3 Å². The third-order valence-corrected chi connectivity index (χ3v) is 2.80. The highest BCUT2D eigenvalue weighted by Crippen LogP contribution is 2.21. The summed E-state index contributed by atoms with van der Waals surface area (Å²) in [4.78, 5) is 1.60. The molecule has 0 amide bonds. The average Bonchev–Trinajstić information content (AvgIpc) is 2.25. The van der Waals surface area contributed by atoms with Gasteiger partial charge in [0.1, 0.15) is 0 Å². The first-order valence-corrected chi connectivity index (χ1v) is 6.22. The van der Waals surface area contributed by atoms with Gasteiger partial charge in [0.05, 0.1) is 6.54 Å². The van der Waals surface area contributed by atoms with Crippen molar-refractivity contribution in [3.63, 3.8) is 0 Å². The van der Waals surface area contributed by atoms with E-state index in [1.54, 1.807) is 11.9 Å². The number of hydrogen-bond acceptors (Lipinski definition) is 2. The van der Waals surface area contributed by atoms with Crippen LogP contribution in [-0.2, 0) is 6.54 Å². The second-order valence-corrected chi connectivity index (χ2v) is 4.93. The van der Waals surface area contributed by atoms with E-state index in [0.29, 0.717) is 6.04 Å². The summed E-state index contributed by atoms with van der Waals surface area (Å²) in [5.74, 6) is 0. The number of benzene rings is 1. The Morgan fingerprint density at radius 1 is 1.28 bits per heavy atom. The van der Waals surface area contributed by atoms with Gasteiger partial charge in [-0.25, -0.2) is 8.78 Å². The van der Waals surface area contributed by atoms with Gasteiger partial charge in [0.2, 0.25) is 0 Å². The molecule has 0 spiro atoms. The SMILES string of the molecule is Cc1cc(CNC(C)C)ccc1N(C)CC(F)F. The van der Waals surface area contributed by atoms with Crippen LogP contribution in [0.15, 0.2) is 18.2 Å². The highest BCUT2D eigenvalue weighted by atomic mass is 19.3. The Balaban J connectivity index is 2.73. The van der Waals surface area contributed by atoms with Crippen molar-refractivity contribution in [3.8, 4) is 0 Å². The maximum absolute atomic E-state index is 12.3. The molecule has 1 aromatic rings. The molecule has 0 fully saturated rings. The molecular formula is C14H22F2N2. The number of aryl methyl sites for hydroxylation is 1. The first-order chi connectivity index (χ1) is 8.40. The van der Waals surface area contributed by atoms with E-state index >= 15 is 0 Å². The number of hydrogen-bond donors (Lipinski definition) is 1. The maximum Gasteiger partial charge on any atom is 0.255 e. The number of halogens is 2. The number of nitrogens with one attached hydrogen (secondary N) is 1. The van der Waals surface area contributed by atoms with Crippen LogP contribution in [0.4, 0.5) is 14.5 Å². The zero-order valence-electron chi connectivity index (χ0n) is 11.5. The summed E-state index contributed by atoms with van der Waals surface area (Å²) in [6.07, 6.45) is -2.31. The molecule has 0 aliphatic rings. The Morgan fingerprint density at radius 3 is 2.44 bits per heavy atom. The summed E-state index contributed by atoms with van der Waals surface area (Å²) in [6.45, 7) is 6.72. The van der Waals surface area contributed by atoms with Gasteiger partial charge in [-0.3, -0.25) is 0 Å². The average molecular weight is 256 g/mol. The molecule has 102 valence electrons. The zero-order valence-corrected chi connectivity index (χ0v) is 11.5. The lowest BCUT2D eigenvalue weighted by Gasteiger charge is -2.21. The van der Waals surface area contributed by atoms with E-state index in [2.05, 4.69) is 19.2 Å². The first-order valence-electron chi connectivity index (χ1n) is 6.22. The lowest BCUT2D eigenvalue weighted by atomic mass is 10.1. The van der Waals surface area contributed by atoms with Gasteiger partial charge in [-0.05, 0) is 24.1 Å². The smallest absolute Gasteiger partial charge is 0.255 e. The van der Waals surface area contributed by atoms with Crippen LogP contribution in [0.3, 0.4) is 0 Å². The standard InChI is InChI=1S/C14H22F2N2/c1-10(2)17-8-12-5-6-13(11(3)7-12)18(4)9-14(15)16/h5-7,10,14,17H,8-9H2,1-4H3. The molecule has 0 unspecified atom stereocenters. The molecular weight excluding hydrogens is 234 g/mol. The van der Waals surface area contributed by atoms with E-state index in [0.717, 1.165) is 17.8 Å². The van der Waals surface area contributed by atoms with Gasteiger partial charge < -0.3 is 10.2 Å². The fourth-order valence-corrected chi connectivity index (χ4v) is 1.88. The molecule has 0 radical (unpaired) electrons. The molecule has 0 saturated carbocycles. The van der Waals surface area contributed by atoms with Gasteiger partial charge in [0, 0.05) is 25.3 Å². The highest BCUT2D eigenvalue weighted by Gasteiger charge is 2.10. The Bertz CT molecular complexity index is 378. The largest absolute Gasteiger partial charge is 0.369 e. The summed E-state index contributed by atoms with van der Waals surface area (Å²) in [7, 11) is 1.69. The van der Waals surface area contributed by atoms with E-state index in [1.165, 1.54) is 5.56 Å². The quantitative estimate of drug-likeness (QED) is 0.841. The Hall–Kier alpha value is -1.16. The molecule has 0 aliphatic carbocycles. The first kappa shape index (κ1) is 14.9. The summed E-state index contributed by atoms with van der Waals surface area (Å²) in [5, 5.41) is 3.34. The highest BCUT2D eigenvalue weighted by molar-refractivity contribution is 5.54. The summed E-state index contributed by atoms with van der Waals surface area (Å²) in [6, 6.07) is 6.38. The van der Waals surface area contributed by atoms with Gasteiger partial charge in [-0.2, -0.15) is 0 Å². The fraction of sp³-hybridized carbons (Fsp3) is 0.571. The van der Waals surface area contributed by atoms with Gasteiger partial charge in [0.25, 0.3) is 6.43 Å². The molecule has 4 heteroatoms. The second kappa shape index (κ2) is 6.69. The van der Waals surface area contributed by atoms with Crippen molar-refractivity contribution >= 4 is 5.69 Å². The normalized spacial score (nSPS) is 11.3. The van der Waals surface area contributed by atoms with Crippen LogP contribution in [0.2, 0.25) is 0 Å². The number of rotatable bonds is 6. The second-order valence-electron chi connectivity index (χ2n) is 4.93. The molecule has 1 N–H and O–H groups in total. The van der Waals surface area contributed by atoms with E-state index in [1.807, 2.05) is 25.1 Å². The minimum absolute atomic E-state index is 0.232. The summed E-state index contributed by atoms with van der Waals surface area (Å²) < 4.78 is 24.7. The fourth-order valence-electron chi connectivity index (χ4n) is 1.88. The van der Waals surface area contributed by atoms with Gasteiger partial charge in [0.15, 0.2) is 0 Å². The molecule has 0 aromatic heterocycles. The molecule has 0 bridgehead atoms. The Kier molecular flexibility index (Phi) is 5.54. The third kappa shape index (κ3) is 4.61. The van der Waals surface area contributed by atoms with Gasteiger partial charge >= 0.3 is 0 Å². The van der Waals surface area contributed by atoms with Crippen LogP contribution in [-0.4, -0.2) is 26.1 Å². The van der Waals surface area contributed by atoms with Crippen LogP contribution < -0.4 is 10.2 Å². The van der Waals surface area contributed by atoms with Crippen molar-refractivity contribution < 1.29 is 8.78 Å². The minimum Gasteiger partial charge on any atom is -0.369 e. The predicted molar refractivity (Wildman–Crippen MR) is 72.4 cm³/mol. The summed E-state index contributed by atoms with van der Waals surface area (Å²) >= 11 is 0. The van der Waals surface area contributed by atoms with Crippen LogP contribution in [0.1, 0.15) is 25.0 Å². The monoisotopic (exact) mass is 256 g/mol. The van der Waals surface area contributed by atoms with Crippen molar-refractivity contribution in [2.24, 2.45) is 0 Å². The summed E-state index contributed by atoms with van der Waals surface area (Å²) in [5.41, 5.74) is 3.07. The number of nitrogens with zero attached hydrogens (tertiary/aromatic N) is 1. The lowest BCUT2D eigenvalue weighted by Crippen LogP contribution is -2.25. The topological polar surface area (TPSA) is 15.3 Å². The third-order valence-electron chi connectivity index (χ3n) is 2.80. The molecule has 0 aliphatic heterocycles. The van der Waals surface area contributed by atoms with Gasteiger partial charge in [-0.1, -0.05) is 26.0 Å². The molecule has 0 saturated heterocycles. The van der Waals surface area contributed by atoms with Crippen LogP contribution in [0.5, 0.6) is 0 Å². The predicted octanol–water partition coefficient (Wildman–Crippen LogP) is 3.19. The van der Waals surface area contributed by atoms with Crippen molar-refractivity contribution in [2.75, 3.05) is 18.5 Å². The van der Waals surface area contributed by atoms with Crippen molar-refractivity contribution in [1.82, 2.24) is 5.32 Å². The minimum atomic E-state index is -2.31. The lowest BCUT2D eigenvalue weighted by molar-refractivity contribution is 0.156. The molecule has 2 nitrogen and oxygen atoms in total. The van der Waals surface area contributed by atoms with Crippen molar-refractivity contribution in [1.29, 1.82) is 0 Å². The van der Waals surface area contributed by atoms with E-state index < -0.39 is 6.43 Å². The van der Waals surface area contributed by atoms with E-state index in [9.17, 15) is 8.78 Å².